The number of ether oxygens (including phenoxy) is 1. The molecule has 0 aromatic carbocycles. The fourth-order valence-electron chi connectivity index (χ4n) is 2.30. The summed E-state index contributed by atoms with van der Waals surface area (Å²) in [5.41, 5.74) is 2.89. The first-order valence-corrected chi connectivity index (χ1v) is 6.65. The van der Waals surface area contributed by atoms with E-state index in [2.05, 4.69) is 22.7 Å². The average Bonchev–Trinajstić information content (AvgIpc) is 2.76. The molecule has 4 nitrogen and oxygen atoms in total. The zero-order chi connectivity index (χ0) is 13.8. The number of Topliss-reactive ketones (excluding diaryl/α,β-unsaturated/α-hetero) is 1. The molecule has 2 aromatic rings. The number of rotatable bonds is 6. The molecule has 0 bridgehead atoms. The molecule has 2 heterocycles. The summed E-state index contributed by atoms with van der Waals surface area (Å²) in [4.78, 5) is 15.7. The molecule has 0 fully saturated rings. The van der Waals surface area contributed by atoms with E-state index >= 15 is 0 Å². The van der Waals surface area contributed by atoms with Gasteiger partial charge in [-0.15, -0.1) is 0 Å². The molecular formula is C15H20N2O2. The number of hydrogen-bond acceptors (Lipinski definition) is 3. The van der Waals surface area contributed by atoms with Crippen LogP contribution in [0.25, 0.3) is 10.9 Å². The predicted molar refractivity (Wildman–Crippen MR) is 75.6 cm³/mol. The van der Waals surface area contributed by atoms with Crippen LogP contribution in [0.2, 0.25) is 0 Å². The van der Waals surface area contributed by atoms with Crippen molar-refractivity contribution in [1.29, 1.82) is 0 Å². The highest BCUT2D eigenvalue weighted by Gasteiger charge is 2.10. The van der Waals surface area contributed by atoms with Crippen molar-refractivity contribution >= 4 is 16.7 Å². The molecule has 0 unspecified atom stereocenters. The van der Waals surface area contributed by atoms with Gasteiger partial charge in [0.1, 0.15) is 5.69 Å². The fourth-order valence-corrected chi connectivity index (χ4v) is 2.30. The molecule has 0 aliphatic rings. The van der Waals surface area contributed by atoms with E-state index in [9.17, 15) is 4.79 Å². The van der Waals surface area contributed by atoms with Crippen LogP contribution in [0, 0.1) is 0 Å². The van der Waals surface area contributed by atoms with E-state index in [1.165, 1.54) is 5.56 Å². The summed E-state index contributed by atoms with van der Waals surface area (Å²) >= 11 is 0. The number of carbonyl (C=O) groups is 1. The van der Waals surface area contributed by atoms with Crippen LogP contribution < -0.4 is 0 Å². The first-order chi connectivity index (χ1) is 9.17. The van der Waals surface area contributed by atoms with Crippen LogP contribution in [-0.2, 0) is 17.7 Å². The Balaban J connectivity index is 2.43. The lowest BCUT2D eigenvalue weighted by atomic mass is 10.1. The molecule has 2 rings (SSSR count). The first-order valence-electron chi connectivity index (χ1n) is 6.65. The molecule has 0 aliphatic carbocycles. The predicted octanol–water partition coefficient (Wildman–Crippen LogP) is 2.84. The third kappa shape index (κ3) is 2.84. The van der Waals surface area contributed by atoms with E-state index in [-0.39, 0.29) is 5.78 Å². The summed E-state index contributed by atoms with van der Waals surface area (Å²) in [6.07, 6.45) is 5.90. The van der Waals surface area contributed by atoms with Crippen LogP contribution in [0.4, 0.5) is 0 Å². The monoisotopic (exact) mass is 260 g/mol. The van der Waals surface area contributed by atoms with E-state index in [0.717, 1.165) is 36.9 Å². The van der Waals surface area contributed by atoms with E-state index in [0.29, 0.717) is 5.69 Å². The van der Waals surface area contributed by atoms with Gasteiger partial charge < -0.3 is 9.30 Å². The SMILES string of the molecule is CCc1cn(CCCOC)c2cc(C(C)=O)ncc12. The van der Waals surface area contributed by atoms with E-state index in [1.807, 2.05) is 12.3 Å². The van der Waals surface area contributed by atoms with Crippen molar-refractivity contribution < 1.29 is 9.53 Å². The van der Waals surface area contributed by atoms with Gasteiger partial charge in [0.05, 0.1) is 5.52 Å². The van der Waals surface area contributed by atoms with Crippen molar-refractivity contribution in [3.05, 3.63) is 29.7 Å². The number of nitrogens with zero attached hydrogens (tertiary/aromatic N) is 2. The molecule has 0 N–H and O–H groups in total. The lowest BCUT2D eigenvalue weighted by Gasteiger charge is -2.05. The first kappa shape index (κ1) is 13.7. The Hall–Kier alpha value is -1.68. The van der Waals surface area contributed by atoms with Gasteiger partial charge in [0, 0.05) is 45.0 Å². The minimum atomic E-state index is 0.00425. The number of pyridine rings is 1. The second-order valence-corrected chi connectivity index (χ2v) is 4.69. The highest BCUT2D eigenvalue weighted by molar-refractivity contribution is 5.96. The van der Waals surface area contributed by atoms with Gasteiger partial charge in [-0.1, -0.05) is 6.92 Å². The van der Waals surface area contributed by atoms with Crippen LogP contribution >= 0.6 is 0 Å². The summed E-state index contributed by atoms with van der Waals surface area (Å²) < 4.78 is 7.29. The van der Waals surface area contributed by atoms with Crippen LogP contribution in [0.1, 0.15) is 36.3 Å². The van der Waals surface area contributed by atoms with Gasteiger partial charge in [0.25, 0.3) is 0 Å². The smallest absolute Gasteiger partial charge is 0.178 e. The summed E-state index contributed by atoms with van der Waals surface area (Å²) in [7, 11) is 1.71. The highest BCUT2D eigenvalue weighted by atomic mass is 16.5. The second-order valence-electron chi connectivity index (χ2n) is 4.69. The summed E-state index contributed by atoms with van der Waals surface area (Å²) in [6.45, 7) is 5.32. The van der Waals surface area contributed by atoms with Crippen molar-refractivity contribution in [3.63, 3.8) is 0 Å². The molecule has 4 heteroatoms. The number of ketones is 1. The van der Waals surface area contributed by atoms with E-state index < -0.39 is 0 Å². The maximum absolute atomic E-state index is 11.4. The number of aromatic nitrogens is 2. The van der Waals surface area contributed by atoms with Crippen molar-refractivity contribution in [2.45, 2.75) is 33.2 Å². The molecule has 0 aliphatic heterocycles. The van der Waals surface area contributed by atoms with E-state index in [4.69, 9.17) is 4.74 Å². The van der Waals surface area contributed by atoms with Crippen molar-refractivity contribution in [2.75, 3.05) is 13.7 Å². The Kier molecular flexibility index (Phi) is 4.32. The molecule has 102 valence electrons. The molecule has 0 atom stereocenters. The van der Waals surface area contributed by atoms with Crippen molar-refractivity contribution in [3.8, 4) is 0 Å². The molecule has 19 heavy (non-hydrogen) atoms. The topological polar surface area (TPSA) is 44.1 Å². The Labute approximate surface area is 113 Å². The average molecular weight is 260 g/mol. The fraction of sp³-hybridized carbons (Fsp3) is 0.467. The van der Waals surface area contributed by atoms with Gasteiger partial charge in [-0.3, -0.25) is 9.78 Å². The lowest BCUT2D eigenvalue weighted by Crippen LogP contribution is -2.01. The Morgan fingerprint density at radius 2 is 2.26 bits per heavy atom. The second kappa shape index (κ2) is 5.97. The van der Waals surface area contributed by atoms with E-state index in [1.54, 1.807) is 14.0 Å². The number of carbonyl (C=O) groups excluding carboxylic acids is 1. The summed E-state index contributed by atoms with van der Waals surface area (Å²) in [5.74, 6) is 0.00425. The number of methoxy groups -OCH3 is 1. The maximum atomic E-state index is 11.4. The normalized spacial score (nSPS) is 11.1. The maximum Gasteiger partial charge on any atom is 0.178 e. The van der Waals surface area contributed by atoms with Gasteiger partial charge in [0.15, 0.2) is 5.78 Å². The molecule has 0 amide bonds. The summed E-state index contributed by atoms with van der Waals surface area (Å²) in [5, 5.41) is 1.14. The van der Waals surface area contributed by atoms with Gasteiger partial charge in [-0.05, 0) is 24.5 Å². The molecule has 0 saturated carbocycles. The Morgan fingerprint density at radius 1 is 1.47 bits per heavy atom. The lowest BCUT2D eigenvalue weighted by molar-refractivity contribution is 0.101. The standard InChI is InChI=1S/C15H20N2O2/c1-4-12-10-17(6-5-7-19-3)15-8-14(11(2)18)16-9-13(12)15/h8-10H,4-7H2,1-3H3. The highest BCUT2D eigenvalue weighted by Crippen LogP contribution is 2.22. The third-order valence-corrected chi connectivity index (χ3v) is 3.34. The zero-order valence-electron chi connectivity index (χ0n) is 11.8. The number of fused-ring (bicyclic) bond motifs is 1. The number of hydrogen-bond donors (Lipinski definition) is 0. The van der Waals surface area contributed by atoms with Gasteiger partial charge >= 0.3 is 0 Å². The summed E-state index contributed by atoms with van der Waals surface area (Å²) in [6, 6.07) is 1.89. The van der Waals surface area contributed by atoms with Gasteiger partial charge in [-0.2, -0.15) is 0 Å². The molecule has 0 radical (unpaired) electrons. The largest absolute Gasteiger partial charge is 0.385 e. The number of aryl methyl sites for hydroxylation is 2. The minimum absolute atomic E-state index is 0.00425. The van der Waals surface area contributed by atoms with Crippen LogP contribution in [-0.4, -0.2) is 29.1 Å². The third-order valence-electron chi connectivity index (χ3n) is 3.34. The molecular weight excluding hydrogens is 240 g/mol. The Bertz CT molecular complexity index is 587. The minimum Gasteiger partial charge on any atom is -0.385 e. The van der Waals surface area contributed by atoms with Crippen molar-refractivity contribution in [2.24, 2.45) is 0 Å². The van der Waals surface area contributed by atoms with Gasteiger partial charge in [0.2, 0.25) is 0 Å². The van der Waals surface area contributed by atoms with Crippen LogP contribution in [0.5, 0.6) is 0 Å². The van der Waals surface area contributed by atoms with Crippen molar-refractivity contribution in [1.82, 2.24) is 9.55 Å². The zero-order valence-corrected chi connectivity index (χ0v) is 11.8. The molecule has 0 saturated heterocycles. The molecule has 2 aromatic heterocycles. The quantitative estimate of drug-likeness (QED) is 0.592. The van der Waals surface area contributed by atoms with Gasteiger partial charge in [-0.25, -0.2) is 0 Å². The Morgan fingerprint density at radius 3 is 2.89 bits per heavy atom. The van der Waals surface area contributed by atoms with Crippen LogP contribution in [0.3, 0.4) is 0 Å². The van der Waals surface area contributed by atoms with Crippen LogP contribution in [0.15, 0.2) is 18.5 Å². The molecule has 0 spiro atoms.